The fourth-order valence-electron chi connectivity index (χ4n) is 3.11. The van der Waals surface area contributed by atoms with Gasteiger partial charge in [0.1, 0.15) is 0 Å². The Morgan fingerprint density at radius 2 is 2.10 bits per heavy atom. The molecule has 3 rings (SSSR count). The summed E-state index contributed by atoms with van der Waals surface area (Å²) in [5.41, 5.74) is 0.340. The minimum absolute atomic E-state index is 0.0147. The third kappa shape index (κ3) is 2.79. The largest absolute Gasteiger partial charge is 0.481 e. The smallest absolute Gasteiger partial charge is 0.310 e. The first-order valence-electron chi connectivity index (χ1n) is 7.35. The van der Waals surface area contributed by atoms with E-state index in [1.165, 1.54) is 4.90 Å². The normalized spacial score (nSPS) is 22.8. The van der Waals surface area contributed by atoms with Crippen LogP contribution in [0.25, 0.3) is 0 Å². The van der Waals surface area contributed by atoms with Gasteiger partial charge in [0, 0.05) is 17.1 Å². The molecule has 4 nitrogen and oxygen atoms in total. The molecule has 0 aromatic heterocycles. The van der Waals surface area contributed by atoms with Crippen LogP contribution in [0.4, 0.5) is 0 Å². The molecular formula is C16H19NO3S. The van der Waals surface area contributed by atoms with Crippen molar-refractivity contribution in [2.45, 2.75) is 43.0 Å². The minimum atomic E-state index is -0.830. The predicted octanol–water partition coefficient (Wildman–Crippen LogP) is 2.98. The summed E-state index contributed by atoms with van der Waals surface area (Å²) >= 11 is 1.81. The molecule has 0 bridgehead atoms. The second-order valence-corrected chi connectivity index (χ2v) is 7.05. The lowest BCUT2D eigenvalue weighted by Crippen LogP contribution is -2.43. The molecule has 1 saturated carbocycles. The summed E-state index contributed by atoms with van der Waals surface area (Å²) in [7, 11) is 0. The van der Waals surface area contributed by atoms with Gasteiger partial charge in [-0.05, 0) is 30.9 Å². The number of hydrogen-bond donors (Lipinski definition) is 2. The van der Waals surface area contributed by atoms with E-state index in [1.807, 2.05) is 30.0 Å². The van der Waals surface area contributed by atoms with E-state index < -0.39 is 11.4 Å². The fourth-order valence-corrected chi connectivity index (χ4v) is 4.24. The van der Waals surface area contributed by atoms with Gasteiger partial charge < -0.3 is 10.4 Å². The first-order valence-corrected chi connectivity index (χ1v) is 8.34. The number of hydrogen-bond acceptors (Lipinski definition) is 3. The van der Waals surface area contributed by atoms with Gasteiger partial charge >= 0.3 is 5.97 Å². The second kappa shape index (κ2) is 5.72. The second-order valence-electron chi connectivity index (χ2n) is 5.91. The van der Waals surface area contributed by atoms with Crippen molar-refractivity contribution in [2.75, 3.05) is 5.75 Å². The third-order valence-electron chi connectivity index (χ3n) is 4.56. The first-order chi connectivity index (χ1) is 10.1. The lowest BCUT2D eigenvalue weighted by molar-refractivity contribution is -0.157. The number of carbonyl (C=O) groups is 2. The van der Waals surface area contributed by atoms with E-state index in [4.69, 9.17) is 0 Å². The Hall–Kier alpha value is -1.49. The number of carbonyl (C=O) groups excluding carboxylic acids is 1. The van der Waals surface area contributed by atoms with Crippen molar-refractivity contribution in [1.82, 2.24) is 5.32 Å². The van der Waals surface area contributed by atoms with Crippen LogP contribution < -0.4 is 5.32 Å². The van der Waals surface area contributed by atoms with Crippen molar-refractivity contribution in [2.24, 2.45) is 5.41 Å². The Morgan fingerprint density at radius 1 is 1.33 bits per heavy atom. The monoisotopic (exact) mass is 305 g/mol. The molecule has 1 aliphatic carbocycles. The summed E-state index contributed by atoms with van der Waals surface area (Å²) in [4.78, 5) is 24.8. The Labute approximate surface area is 128 Å². The molecular weight excluding hydrogens is 286 g/mol. The Kier molecular flexibility index (Phi) is 3.93. The SMILES string of the molecule is O=C(CC1(C(=O)O)CCC1)NC1CCSc2ccccc21. The van der Waals surface area contributed by atoms with Gasteiger partial charge in [-0.2, -0.15) is 0 Å². The summed E-state index contributed by atoms with van der Waals surface area (Å²) in [6.07, 6.45) is 3.14. The standard InChI is InChI=1S/C16H19NO3S/c18-14(10-16(15(19)20)7-3-8-16)17-12-6-9-21-13-5-2-1-4-11(12)13/h1-2,4-5,12H,3,6-10H2,(H,17,18)(H,19,20). The zero-order chi connectivity index (χ0) is 14.9. The molecule has 1 aromatic carbocycles. The number of thioether (sulfide) groups is 1. The van der Waals surface area contributed by atoms with E-state index in [2.05, 4.69) is 11.4 Å². The van der Waals surface area contributed by atoms with Crippen LogP contribution >= 0.6 is 11.8 Å². The maximum absolute atomic E-state index is 12.3. The van der Waals surface area contributed by atoms with Crippen molar-refractivity contribution in [3.63, 3.8) is 0 Å². The van der Waals surface area contributed by atoms with E-state index >= 15 is 0 Å². The number of benzene rings is 1. The van der Waals surface area contributed by atoms with Crippen LogP contribution in [0.15, 0.2) is 29.2 Å². The van der Waals surface area contributed by atoms with Crippen LogP contribution in [0.5, 0.6) is 0 Å². The molecule has 1 fully saturated rings. The Morgan fingerprint density at radius 3 is 2.76 bits per heavy atom. The molecule has 0 spiro atoms. The number of fused-ring (bicyclic) bond motifs is 1. The number of aliphatic carboxylic acids is 1. The van der Waals surface area contributed by atoms with Crippen LogP contribution in [0.1, 0.15) is 43.7 Å². The molecule has 0 radical (unpaired) electrons. The quantitative estimate of drug-likeness (QED) is 0.897. The van der Waals surface area contributed by atoms with Gasteiger partial charge in [-0.15, -0.1) is 11.8 Å². The van der Waals surface area contributed by atoms with Gasteiger partial charge in [0.2, 0.25) is 5.91 Å². The molecule has 1 aliphatic heterocycles. The van der Waals surface area contributed by atoms with Crippen molar-refractivity contribution >= 4 is 23.6 Å². The molecule has 1 aromatic rings. The summed E-state index contributed by atoms with van der Waals surface area (Å²) in [5, 5.41) is 12.4. The maximum Gasteiger partial charge on any atom is 0.310 e. The van der Waals surface area contributed by atoms with Crippen LogP contribution in [-0.2, 0) is 9.59 Å². The van der Waals surface area contributed by atoms with Crippen LogP contribution in [0.3, 0.4) is 0 Å². The number of nitrogens with one attached hydrogen (secondary N) is 1. The zero-order valence-electron chi connectivity index (χ0n) is 11.8. The van der Waals surface area contributed by atoms with Crippen LogP contribution in [0, 0.1) is 5.41 Å². The number of carboxylic acids is 1. The average Bonchev–Trinajstić information content (AvgIpc) is 2.43. The fraction of sp³-hybridized carbons (Fsp3) is 0.500. The van der Waals surface area contributed by atoms with E-state index in [9.17, 15) is 14.7 Å². The van der Waals surface area contributed by atoms with E-state index in [-0.39, 0.29) is 18.4 Å². The average molecular weight is 305 g/mol. The summed E-state index contributed by atoms with van der Waals surface area (Å²) in [6.45, 7) is 0. The summed E-state index contributed by atoms with van der Waals surface area (Å²) < 4.78 is 0. The highest BCUT2D eigenvalue weighted by Crippen LogP contribution is 2.44. The molecule has 1 atom stereocenters. The number of rotatable bonds is 4. The molecule has 1 unspecified atom stereocenters. The van der Waals surface area contributed by atoms with Gasteiger partial charge in [0.05, 0.1) is 11.5 Å². The lowest BCUT2D eigenvalue weighted by Gasteiger charge is -2.37. The Balaban J connectivity index is 1.67. The molecule has 2 N–H and O–H groups in total. The molecule has 0 saturated heterocycles. The van der Waals surface area contributed by atoms with Crippen molar-refractivity contribution in [1.29, 1.82) is 0 Å². The molecule has 2 aliphatic rings. The van der Waals surface area contributed by atoms with Gasteiger partial charge in [0.15, 0.2) is 0 Å². The highest BCUT2D eigenvalue weighted by molar-refractivity contribution is 7.99. The Bertz CT molecular complexity index is 568. The summed E-state index contributed by atoms with van der Waals surface area (Å²) in [5.74, 6) is 0.0127. The van der Waals surface area contributed by atoms with E-state index in [0.717, 1.165) is 24.2 Å². The molecule has 5 heteroatoms. The molecule has 1 amide bonds. The molecule has 112 valence electrons. The maximum atomic E-state index is 12.3. The van der Waals surface area contributed by atoms with Crippen molar-refractivity contribution in [3.05, 3.63) is 29.8 Å². The van der Waals surface area contributed by atoms with Crippen LogP contribution in [-0.4, -0.2) is 22.7 Å². The highest BCUT2D eigenvalue weighted by atomic mass is 32.2. The topological polar surface area (TPSA) is 66.4 Å². The zero-order valence-corrected chi connectivity index (χ0v) is 12.6. The summed E-state index contributed by atoms with van der Waals surface area (Å²) in [6, 6.07) is 8.12. The van der Waals surface area contributed by atoms with Gasteiger partial charge in [0.25, 0.3) is 0 Å². The van der Waals surface area contributed by atoms with Gasteiger partial charge in [-0.25, -0.2) is 0 Å². The first kappa shape index (κ1) is 14.4. The molecule has 1 heterocycles. The van der Waals surface area contributed by atoms with Crippen LogP contribution in [0.2, 0.25) is 0 Å². The minimum Gasteiger partial charge on any atom is -0.481 e. The van der Waals surface area contributed by atoms with E-state index in [1.54, 1.807) is 0 Å². The number of amides is 1. The van der Waals surface area contributed by atoms with Gasteiger partial charge in [-0.1, -0.05) is 24.6 Å². The van der Waals surface area contributed by atoms with Gasteiger partial charge in [-0.3, -0.25) is 9.59 Å². The highest BCUT2D eigenvalue weighted by Gasteiger charge is 2.46. The van der Waals surface area contributed by atoms with Crippen molar-refractivity contribution in [3.8, 4) is 0 Å². The van der Waals surface area contributed by atoms with Crippen molar-refractivity contribution < 1.29 is 14.7 Å². The lowest BCUT2D eigenvalue weighted by atomic mass is 9.66. The third-order valence-corrected chi connectivity index (χ3v) is 5.68. The molecule has 21 heavy (non-hydrogen) atoms. The predicted molar refractivity (Wildman–Crippen MR) is 81.2 cm³/mol. The number of carboxylic acid groups (broad SMARTS) is 1. The van der Waals surface area contributed by atoms with E-state index in [0.29, 0.717) is 12.8 Å².